The van der Waals surface area contributed by atoms with Gasteiger partial charge in [0, 0.05) is 23.7 Å². The van der Waals surface area contributed by atoms with Crippen molar-refractivity contribution in [2.75, 3.05) is 11.9 Å². The van der Waals surface area contributed by atoms with E-state index in [9.17, 15) is 4.79 Å². The van der Waals surface area contributed by atoms with Gasteiger partial charge < -0.3 is 10.6 Å². The van der Waals surface area contributed by atoms with E-state index in [2.05, 4.69) is 20.6 Å². The zero-order chi connectivity index (χ0) is 16.9. The quantitative estimate of drug-likeness (QED) is 0.887. The Morgan fingerprint density at radius 2 is 1.83 bits per heavy atom. The van der Waals surface area contributed by atoms with Gasteiger partial charge in [0.25, 0.3) is 5.91 Å². The Balaban J connectivity index is 2.41. The summed E-state index contributed by atoms with van der Waals surface area (Å²) in [6, 6.07) is 11.4. The van der Waals surface area contributed by atoms with Crippen molar-refractivity contribution in [3.8, 4) is 11.4 Å². The first-order valence-corrected chi connectivity index (χ1v) is 7.90. The molecule has 5 nitrogen and oxygen atoms in total. The van der Waals surface area contributed by atoms with Crippen LogP contribution in [-0.4, -0.2) is 28.0 Å². The first kappa shape index (κ1) is 16.9. The molecule has 23 heavy (non-hydrogen) atoms. The molecule has 0 aliphatic rings. The minimum atomic E-state index is -0.177. The molecule has 0 spiro atoms. The van der Waals surface area contributed by atoms with Crippen LogP contribution in [-0.2, 0) is 0 Å². The van der Waals surface area contributed by atoms with Gasteiger partial charge in [-0.05, 0) is 27.2 Å². The second-order valence-corrected chi connectivity index (χ2v) is 6.46. The zero-order valence-corrected chi connectivity index (χ0v) is 14.2. The van der Waals surface area contributed by atoms with Crippen molar-refractivity contribution < 1.29 is 4.79 Å². The Kier molecular flexibility index (Phi) is 5.32. The molecule has 2 rings (SSSR count). The van der Waals surface area contributed by atoms with Crippen LogP contribution in [0.3, 0.4) is 0 Å². The number of amides is 1. The predicted octanol–water partition coefficient (Wildman–Crippen LogP) is 3.49. The van der Waals surface area contributed by atoms with Crippen molar-refractivity contribution in [3.05, 3.63) is 42.1 Å². The molecule has 0 aliphatic carbocycles. The first-order chi connectivity index (χ1) is 10.9. The van der Waals surface area contributed by atoms with E-state index in [1.165, 1.54) is 0 Å². The van der Waals surface area contributed by atoms with Gasteiger partial charge in [-0.1, -0.05) is 37.3 Å². The molecule has 1 aromatic heterocycles. The largest absolute Gasteiger partial charge is 0.365 e. The van der Waals surface area contributed by atoms with Crippen LogP contribution in [0.2, 0.25) is 0 Å². The maximum atomic E-state index is 12.3. The summed E-state index contributed by atoms with van der Waals surface area (Å²) in [7, 11) is 0. The van der Waals surface area contributed by atoms with Crippen LogP contribution in [0.25, 0.3) is 11.4 Å². The van der Waals surface area contributed by atoms with Crippen molar-refractivity contribution in [2.45, 2.75) is 39.7 Å². The molecule has 0 atom stereocenters. The highest BCUT2D eigenvalue weighted by atomic mass is 16.1. The van der Waals surface area contributed by atoms with Crippen molar-refractivity contribution in [2.24, 2.45) is 0 Å². The number of nitrogens with one attached hydrogen (secondary N) is 2. The van der Waals surface area contributed by atoms with E-state index in [4.69, 9.17) is 0 Å². The van der Waals surface area contributed by atoms with Gasteiger partial charge >= 0.3 is 0 Å². The number of benzene rings is 1. The number of aromatic nitrogens is 2. The van der Waals surface area contributed by atoms with Crippen LogP contribution in [0, 0.1) is 0 Å². The SMILES string of the molecule is CCCNC(=O)c1cc(NC(C)(C)C)nc(-c2ccccc2)n1. The molecule has 0 saturated heterocycles. The summed E-state index contributed by atoms with van der Waals surface area (Å²) in [6.45, 7) is 8.80. The number of hydrogen-bond donors (Lipinski definition) is 2. The van der Waals surface area contributed by atoms with Crippen LogP contribution in [0.5, 0.6) is 0 Å². The summed E-state index contributed by atoms with van der Waals surface area (Å²) in [5, 5.41) is 6.17. The van der Waals surface area contributed by atoms with Gasteiger partial charge in [0.15, 0.2) is 5.82 Å². The highest BCUT2D eigenvalue weighted by Gasteiger charge is 2.16. The summed E-state index contributed by atoms with van der Waals surface area (Å²) in [4.78, 5) is 21.2. The van der Waals surface area contributed by atoms with Crippen LogP contribution in [0.15, 0.2) is 36.4 Å². The number of rotatable bonds is 5. The van der Waals surface area contributed by atoms with Gasteiger partial charge in [-0.25, -0.2) is 9.97 Å². The molecule has 0 fully saturated rings. The third-order valence-corrected chi connectivity index (χ3v) is 3.03. The molecule has 0 unspecified atom stereocenters. The van der Waals surface area contributed by atoms with E-state index in [0.29, 0.717) is 23.9 Å². The first-order valence-electron chi connectivity index (χ1n) is 7.90. The summed E-state index contributed by atoms with van der Waals surface area (Å²) in [6.07, 6.45) is 0.884. The fraction of sp³-hybridized carbons (Fsp3) is 0.389. The lowest BCUT2D eigenvalue weighted by Crippen LogP contribution is -2.28. The van der Waals surface area contributed by atoms with Crippen molar-refractivity contribution in [1.82, 2.24) is 15.3 Å². The van der Waals surface area contributed by atoms with Crippen molar-refractivity contribution >= 4 is 11.7 Å². The van der Waals surface area contributed by atoms with Gasteiger partial charge in [-0.3, -0.25) is 4.79 Å². The summed E-state index contributed by atoms with van der Waals surface area (Å²) < 4.78 is 0. The highest BCUT2D eigenvalue weighted by molar-refractivity contribution is 5.93. The molecule has 2 aromatic rings. The van der Waals surface area contributed by atoms with Crippen LogP contribution in [0.1, 0.15) is 44.6 Å². The van der Waals surface area contributed by atoms with Gasteiger partial charge in [0.1, 0.15) is 11.5 Å². The van der Waals surface area contributed by atoms with Crippen LogP contribution >= 0.6 is 0 Å². The van der Waals surface area contributed by atoms with E-state index >= 15 is 0 Å². The molecule has 0 radical (unpaired) electrons. The number of anilines is 1. The minimum absolute atomic E-state index is 0.153. The molecule has 1 heterocycles. The fourth-order valence-electron chi connectivity index (χ4n) is 2.06. The third-order valence-electron chi connectivity index (χ3n) is 3.03. The van der Waals surface area contributed by atoms with E-state index in [1.807, 2.05) is 58.0 Å². The lowest BCUT2D eigenvalue weighted by molar-refractivity contribution is 0.0948. The normalized spacial score (nSPS) is 11.1. The molecule has 122 valence electrons. The molecule has 2 N–H and O–H groups in total. The molecule has 1 amide bonds. The molecule has 1 aromatic carbocycles. The number of carbonyl (C=O) groups excluding carboxylic acids is 1. The molecule has 0 bridgehead atoms. The molecule has 0 aliphatic heterocycles. The fourth-order valence-corrected chi connectivity index (χ4v) is 2.06. The number of nitrogens with zero attached hydrogens (tertiary/aromatic N) is 2. The average molecular weight is 312 g/mol. The van der Waals surface area contributed by atoms with Gasteiger partial charge in [-0.15, -0.1) is 0 Å². The van der Waals surface area contributed by atoms with E-state index < -0.39 is 0 Å². The highest BCUT2D eigenvalue weighted by Crippen LogP contribution is 2.20. The topological polar surface area (TPSA) is 66.9 Å². The smallest absolute Gasteiger partial charge is 0.270 e. The van der Waals surface area contributed by atoms with Crippen molar-refractivity contribution in [3.63, 3.8) is 0 Å². The van der Waals surface area contributed by atoms with E-state index in [0.717, 1.165) is 12.0 Å². The van der Waals surface area contributed by atoms with Crippen LogP contribution in [0.4, 0.5) is 5.82 Å². The lowest BCUT2D eigenvalue weighted by atomic mass is 10.1. The second-order valence-electron chi connectivity index (χ2n) is 6.46. The number of carbonyl (C=O) groups is 1. The minimum Gasteiger partial charge on any atom is -0.365 e. The molecule has 5 heteroatoms. The van der Waals surface area contributed by atoms with E-state index in [1.54, 1.807) is 6.07 Å². The second kappa shape index (κ2) is 7.22. The van der Waals surface area contributed by atoms with E-state index in [-0.39, 0.29) is 11.4 Å². The summed E-state index contributed by atoms with van der Waals surface area (Å²) >= 11 is 0. The van der Waals surface area contributed by atoms with Gasteiger partial charge in [0.2, 0.25) is 0 Å². The van der Waals surface area contributed by atoms with Crippen LogP contribution < -0.4 is 10.6 Å². The predicted molar refractivity (Wildman–Crippen MR) is 93.5 cm³/mol. The monoisotopic (exact) mass is 312 g/mol. The molecule has 0 saturated carbocycles. The third kappa shape index (κ3) is 5.06. The summed E-state index contributed by atoms with van der Waals surface area (Å²) in [5.74, 6) is 1.01. The Hall–Kier alpha value is -2.43. The molecular weight excluding hydrogens is 288 g/mol. The zero-order valence-electron chi connectivity index (χ0n) is 14.2. The number of hydrogen-bond acceptors (Lipinski definition) is 4. The standard InChI is InChI=1S/C18H24N4O/c1-5-11-19-17(23)14-12-15(22-18(2,3)4)21-16(20-14)13-9-7-6-8-10-13/h6-10,12H,5,11H2,1-4H3,(H,19,23)(H,20,21,22). The van der Waals surface area contributed by atoms with Gasteiger partial charge in [0.05, 0.1) is 0 Å². The Labute approximate surface area is 137 Å². The Morgan fingerprint density at radius 3 is 2.43 bits per heavy atom. The molecular formula is C18H24N4O. The Morgan fingerprint density at radius 1 is 1.13 bits per heavy atom. The summed E-state index contributed by atoms with van der Waals surface area (Å²) in [5.41, 5.74) is 1.10. The Bertz CT molecular complexity index is 662. The average Bonchev–Trinajstić information content (AvgIpc) is 2.51. The lowest BCUT2D eigenvalue weighted by Gasteiger charge is -2.22. The van der Waals surface area contributed by atoms with Gasteiger partial charge in [-0.2, -0.15) is 0 Å². The maximum Gasteiger partial charge on any atom is 0.270 e. The maximum absolute atomic E-state index is 12.3. The van der Waals surface area contributed by atoms with Crippen molar-refractivity contribution in [1.29, 1.82) is 0 Å².